The Hall–Kier alpha value is -6.56. The van der Waals surface area contributed by atoms with Crippen molar-refractivity contribution in [3.05, 3.63) is 125 Å². The fourth-order valence-electron chi connectivity index (χ4n) is 10.1. The van der Waals surface area contributed by atoms with Crippen molar-refractivity contribution < 1.29 is 38.1 Å². The van der Waals surface area contributed by atoms with E-state index in [9.17, 15) is 19.2 Å². The molecular formula is C61H66O8. The van der Waals surface area contributed by atoms with Gasteiger partial charge in [-0.2, -0.15) is 0 Å². The maximum Gasteiger partial charge on any atom is 0.339 e. The van der Waals surface area contributed by atoms with E-state index in [2.05, 4.69) is 43.1 Å². The van der Waals surface area contributed by atoms with Crippen molar-refractivity contribution in [1.29, 1.82) is 0 Å². The van der Waals surface area contributed by atoms with Gasteiger partial charge in [0.15, 0.2) is 5.60 Å². The number of fused-ring (bicyclic) bond motifs is 1. The van der Waals surface area contributed by atoms with Crippen LogP contribution in [0.4, 0.5) is 0 Å². The fourth-order valence-corrected chi connectivity index (χ4v) is 10.1. The van der Waals surface area contributed by atoms with E-state index in [1.165, 1.54) is 31.8 Å². The molecule has 8 heteroatoms. The van der Waals surface area contributed by atoms with E-state index in [-0.39, 0.29) is 29.7 Å². The van der Waals surface area contributed by atoms with Crippen LogP contribution in [0, 0.1) is 65.6 Å². The van der Waals surface area contributed by atoms with Gasteiger partial charge in [0.2, 0.25) is 0 Å². The van der Waals surface area contributed by atoms with Crippen LogP contribution >= 0.6 is 0 Å². The second kappa shape index (κ2) is 25.2. The van der Waals surface area contributed by atoms with Crippen molar-refractivity contribution in [3.8, 4) is 41.8 Å². The highest BCUT2D eigenvalue weighted by Gasteiger charge is 2.40. The molecule has 0 unspecified atom stereocenters. The molecule has 358 valence electrons. The number of carbonyl (C=O) groups is 4. The van der Waals surface area contributed by atoms with Gasteiger partial charge in [0, 0.05) is 28.3 Å². The summed E-state index contributed by atoms with van der Waals surface area (Å²) in [7, 11) is 0. The van der Waals surface area contributed by atoms with Crippen LogP contribution in [0.2, 0.25) is 0 Å². The molecule has 3 aliphatic rings. The number of carbonyl (C=O) groups excluding carboxylic acids is 4. The van der Waals surface area contributed by atoms with Crippen LogP contribution in [0.3, 0.4) is 0 Å². The van der Waals surface area contributed by atoms with E-state index in [0.29, 0.717) is 69.0 Å². The average Bonchev–Trinajstić information content (AvgIpc) is 3.38. The van der Waals surface area contributed by atoms with Gasteiger partial charge in [-0.15, -0.1) is 6.42 Å². The predicted molar refractivity (Wildman–Crippen MR) is 270 cm³/mol. The van der Waals surface area contributed by atoms with Gasteiger partial charge >= 0.3 is 23.9 Å². The first-order chi connectivity index (χ1) is 33.6. The molecule has 3 fully saturated rings. The number of esters is 4. The highest BCUT2D eigenvalue weighted by molar-refractivity contribution is 5.96. The highest BCUT2D eigenvalue weighted by Crippen LogP contribution is 2.44. The number of unbranched alkanes of at least 4 members (excludes halogenated alkanes) is 5. The normalized spacial score (nSPS) is 22.0. The van der Waals surface area contributed by atoms with Gasteiger partial charge < -0.3 is 18.9 Å². The summed E-state index contributed by atoms with van der Waals surface area (Å²) in [5, 5.41) is 1.66. The van der Waals surface area contributed by atoms with Gasteiger partial charge in [-0.25, -0.2) is 9.59 Å². The van der Waals surface area contributed by atoms with Crippen molar-refractivity contribution in [2.75, 3.05) is 13.2 Å². The minimum atomic E-state index is -0.904. The number of hydrogen-bond acceptors (Lipinski definition) is 8. The molecule has 0 bridgehead atoms. The summed E-state index contributed by atoms with van der Waals surface area (Å²) in [5.41, 5.74) is 2.96. The summed E-state index contributed by atoms with van der Waals surface area (Å²) < 4.78 is 22.9. The SMILES string of the molecule is C#Cc1ccc(C#Cc2ccc(C#CC3(OC(=O)c4ccc5cc(OC(=O)C6CCC(C(=O)OCCCCCCCCOC(=O)C=C)CC6)ccc5c4)CCC(C4CCC(C)CC4)CC3)cc2)cc1. The first-order valence-electron chi connectivity index (χ1n) is 25.3. The van der Waals surface area contributed by atoms with E-state index < -0.39 is 11.6 Å². The largest absolute Gasteiger partial charge is 0.465 e. The Morgan fingerprint density at radius 1 is 0.609 bits per heavy atom. The van der Waals surface area contributed by atoms with Gasteiger partial charge in [0.05, 0.1) is 30.6 Å². The van der Waals surface area contributed by atoms with E-state index in [4.69, 9.17) is 25.4 Å². The molecule has 0 spiro atoms. The number of ether oxygens (including phenoxy) is 4. The lowest BCUT2D eigenvalue weighted by Gasteiger charge is -2.40. The van der Waals surface area contributed by atoms with Crippen molar-refractivity contribution >= 4 is 34.6 Å². The lowest BCUT2D eigenvalue weighted by molar-refractivity contribution is -0.152. The quantitative estimate of drug-likeness (QED) is 0.0273. The molecule has 7 rings (SSSR count). The minimum absolute atomic E-state index is 0.183. The number of rotatable bonds is 16. The van der Waals surface area contributed by atoms with Gasteiger partial charge in [-0.3, -0.25) is 9.59 Å². The number of terminal acetylenes is 1. The smallest absolute Gasteiger partial charge is 0.339 e. The molecule has 0 heterocycles. The first kappa shape index (κ1) is 50.3. The third kappa shape index (κ3) is 15.0. The Morgan fingerprint density at radius 2 is 1.13 bits per heavy atom. The van der Waals surface area contributed by atoms with E-state index in [1.807, 2.05) is 72.8 Å². The number of benzene rings is 4. The van der Waals surface area contributed by atoms with E-state index in [1.54, 1.807) is 12.1 Å². The topological polar surface area (TPSA) is 105 Å². The van der Waals surface area contributed by atoms with Gasteiger partial charge in [-0.05, 0) is 184 Å². The molecule has 4 aromatic rings. The maximum atomic E-state index is 14.0. The molecule has 0 aromatic heterocycles. The molecule has 3 aliphatic carbocycles. The summed E-state index contributed by atoms with van der Waals surface area (Å²) in [6.07, 6.45) is 23.1. The molecular weight excluding hydrogens is 861 g/mol. The summed E-state index contributed by atoms with van der Waals surface area (Å²) >= 11 is 0. The summed E-state index contributed by atoms with van der Waals surface area (Å²) in [6.45, 7) is 6.56. The van der Waals surface area contributed by atoms with Crippen LogP contribution in [0.1, 0.15) is 155 Å². The molecule has 8 nitrogen and oxygen atoms in total. The Labute approximate surface area is 409 Å². The lowest BCUT2D eigenvalue weighted by atomic mass is 9.68. The Balaban J connectivity index is 0.905. The fraction of sp³-hybridized carbons (Fsp3) is 0.443. The van der Waals surface area contributed by atoms with Gasteiger partial charge in [-0.1, -0.05) is 87.8 Å². The van der Waals surface area contributed by atoms with E-state index >= 15 is 0 Å². The molecule has 4 aromatic carbocycles. The number of hydrogen-bond donors (Lipinski definition) is 0. The minimum Gasteiger partial charge on any atom is -0.465 e. The van der Waals surface area contributed by atoms with Gasteiger partial charge in [0.25, 0.3) is 0 Å². The second-order valence-corrected chi connectivity index (χ2v) is 19.4. The van der Waals surface area contributed by atoms with Crippen molar-refractivity contribution in [3.63, 3.8) is 0 Å². The molecule has 0 radical (unpaired) electrons. The zero-order valence-electron chi connectivity index (χ0n) is 40.2. The molecule has 0 amide bonds. The van der Waals surface area contributed by atoms with Crippen LogP contribution in [0.15, 0.2) is 97.6 Å². The molecule has 0 atom stereocenters. The zero-order valence-corrected chi connectivity index (χ0v) is 40.2. The molecule has 3 saturated carbocycles. The first-order valence-corrected chi connectivity index (χ1v) is 25.3. The van der Waals surface area contributed by atoms with Crippen LogP contribution in [-0.2, 0) is 28.6 Å². The molecule has 69 heavy (non-hydrogen) atoms. The average molecular weight is 927 g/mol. The zero-order chi connectivity index (χ0) is 48.4. The van der Waals surface area contributed by atoms with Gasteiger partial charge in [0.1, 0.15) is 5.75 Å². The maximum absolute atomic E-state index is 14.0. The summed E-state index contributed by atoms with van der Waals surface area (Å²) in [6, 6.07) is 26.4. The third-order valence-electron chi connectivity index (χ3n) is 14.4. The molecule has 0 saturated heterocycles. The van der Waals surface area contributed by atoms with Crippen molar-refractivity contribution in [2.24, 2.45) is 29.6 Å². The standard InChI is InChI=1S/C61H66O8/c1-4-45-14-16-46(17-15-45)18-19-47-20-22-48(23-21-47)34-37-61(38-35-50(36-39-61)49-24-12-44(3)13-25-49)69-60(65)55-31-30-54-43-56(33-32-53(54)42-55)68-59(64)52-28-26-51(27-29-52)58(63)67-41-11-9-7-6-8-10-40-66-57(62)5-2/h1,5,14-17,20-23,30-33,42-44,49-52H,2,6-13,24-29,35-36,38-41H2,3H3. The van der Waals surface area contributed by atoms with Crippen LogP contribution in [0.5, 0.6) is 5.75 Å². The molecule has 0 aliphatic heterocycles. The second-order valence-electron chi connectivity index (χ2n) is 19.4. The predicted octanol–water partition coefficient (Wildman–Crippen LogP) is 12.5. The summed E-state index contributed by atoms with van der Waals surface area (Å²) in [4.78, 5) is 51.2. The lowest BCUT2D eigenvalue weighted by Crippen LogP contribution is -2.39. The van der Waals surface area contributed by atoms with Crippen LogP contribution in [-0.4, -0.2) is 42.7 Å². The summed E-state index contributed by atoms with van der Waals surface area (Å²) in [5.74, 6) is 16.7. The van der Waals surface area contributed by atoms with Crippen molar-refractivity contribution in [2.45, 2.75) is 128 Å². The van der Waals surface area contributed by atoms with Crippen molar-refractivity contribution in [1.82, 2.24) is 0 Å². The molecule has 0 N–H and O–H groups in total. The Morgan fingerprint density at radius 3 is 1.74 bits per heavy atom. The van der Waals surface area contributed by atoms with Crippen LogP contribution < -0.4 is 4.74 Å². The Kier molecular flexibility index (Phi) is 18.4. The highest BCUT2D eigenvalue weighted by atomic mass is 16.6. The monoisotopic (exact) mass is 926 g/mol. The van der Waals surface area contributed by atoms with E-state index in [0.717, 1.165) is 96.2 Å². The van der Waals surface area contributed by atoms with Crippen LogP contribution in [0.25, 0.3) is 10.8 Å². The third-order valence-corrected chi connectivity index (χ3v) is 14.4. The Bertz CT molecular complexity index is 2570.